The monoisotopic (exact) mass is 321 g/mol. The Kier molecular flexibility index (Phi) is 4.11. The van der Waals surface area contributed by atoms with Gasteiger partial charge in [-0.15, -0.1) is 0 Å². The number of hydrogen-bond donors (Lipinski definition) is 0. The normalized spacial score (nSPS) is 11.5. The molecule has 20 heavy (non-hydrogen) atoms. The highest BCUT2D eigenvalue weighted by atomic mass is 35.5. The maximum Gasteiger partial charge on any atom is 0.417 e. The number of aryl methyl sites for hydroxylation is 1. The van der Waals surface area contributed by atoms with Crippen LogP contribution in [0.1, 0.15) is 11.1 Å². The molecule has 0 saturated heterocycles. The van der Waals surface area contributed by atoms with E-state index in [0.717, 1.165) is 12.1 Å². The fourth-order valence-electron chi connectivity index (χ4n) is 1.53. The molecule has 0 spiro atoms. The Morgan fingerprint density at radius 3 is 2.35 bits per heavy atom. The van der Waals surface area contributed by atoms with E-state index in [9.17, 15) is 13.2 Å². The second kappa shape index (κ2) is 5.50. The summed E-state index contributed by atoms with van der Waals surface area (Å²) in [6.45, 7) is 1.72. The summed E-state index contributed by atoms with van der Waals surface area (Å²) in [5.74, 6) is 0.327. The first-order valence-corrected chi connectivity index (χ1v) is 6.19. The summed E-state index contributed by atoms with van der Waals surface area (Å²) >= 11 is 11.8. The molecule has 0 aliphatic rings. The molecule has 2 nitrogen and oxygen atoms in total. The van der Waals surface area contributed by atoms with Gasteiger partial charge in [-0.05, 0) is 30.7 Å². The van der Waals surface area contributed by atoms with Crippen LogP contribution in [0.2, 0.25) is 10.0 Å². The predicted octanol–water partition coefficient (Wildman–Crippen LogP) is 5.51. The third kappa shape index (κ3) is 3.35. The lowest BCUT2D eigenvalue weighted by Crippen LogP contribution is -2.05. The van der Waals surface area contributed by atoms with Gasteiger partial charge >= 0.3 is 6.18 Å². The molecule has 0 aliphatic heterocycles. The van der Waals surface area contributed by atoms with Gasteiger partial charge in [-0.3, -0.25) is 0 Å². The van der Waals surface area contributed by atoms with Crippen LogP contribution in [-0.4, -0.2) is 4.98 Å². The van der Waals surface area contributed by atoms with Crippen LogP contribution in [0, 0.1) is 6.92 Å². The molecule has 0 radical (unpaired) electrons. The van der Waals surface area contributed by atoms with Crippen molar-refractivity contribution in [3.05, 3.63) is 51.6 Å². The average Bonchev–Trinajstić information content (AvgIpc) is 2.33. The van der Waals surface area contributed by atoms with Crippen LogP contribution in [0.25, 0.3) is 0 Å². The Morgan fingerprint density at radius 2 is 1.85 bits per heavy atom. The molecule has 2 aromatic rings. The Labute approximate surface area is 123 Å². The molecule has 7 heteroatoms. The largest absolute Gasteiger partial charge is 0.437 e. The minimum absolute atomic E-state index is 0.0188. The van der Waals surface area contributed by atoms with Crippen LogP contribution in [0.5, 0.6) is 11.6 Å². The zero-order chi connectivity index (χ0) is 14.9. The summed E-state index contributed by atoms with van der Waals surface area (Å²) < 4.78 is 42.6. The van der Waals surface area contributed by atoms with E-state index in [1.165, 1.54) is 6.07 Å². The number of hydrogen-bond acceptors (Lipinski definition) is 2. The molecule has 0 unspecified atom stereocenters. The second-order valence-electron chi connectivity index (χ2n) is 4.02. The van der Waals surface area contributed by atoms with Crippen LogP contribution in [-0.2, 0) is 6.18 Å². The zero-order valence-electron chi connectivity index (χ0n) is 10.1. The highest BCUT2D eigenvalue weighted by molar-refractivity contribution is 6.35. The topological polar surface area (TPSA) is 22.1 Å². The molecule has 0 amide bonds. The molecule has 1 aromatic heterocycles. The van der Waals surface area contributed by atoms with E-state index in [1.807, 2.05) is 0 Å². The van der Waals surface area contributed by atoms with Crippen molar-refractivity contribution in [2.24, 2.45) is 0 Å². The van der Waals surface area contributed by atoms with Gasteiger partial charge in [-0.1, -0.05) is 23.2 Å². The van der Waals surface area contributed by atoms with Crippen LogP contribution in [0.4, 0.5) is 13.2 Å². The molecule has 2 rings (SSSR count). The van der Waals surface area contributed by atoms with Crippen LogP contribution >= 0.6 is 23.2 Å². The van der Waals surface area contributed by atoms with Gasteiger partial charge in [0.25, 0.3) is 0 Å². The Hall–Kier alpha value is -1.46. The van der Waals surface area contributed by atoms with E-state index in [-0.39, 0.29) is 10.9 Å². The van der Waals surface area contributed by atoms with Crippen molar-refractivity contribution in [3.8, 4) is 11.6 Å². The first kappa shape index (κ1) is 14.9. The summed E-state index contributed by atoms with van der Waals surface area (Å²) in [5.41, 5.74) is -0.187. The average molecular weight is 322 g/mol. The fourth-order valence-corrected chi connectivity index (χ4v) is 2.16. The molecule has 0 saturated carbocycles. The number of benzene rings is 1. The number of rotatable bonds is 2. The highest BCUT2D eigenvalue weighted by Crippen LogP contribution is 2.35. The molecule has 0 N–H and O–H groups in total. The van der Waals surface area contributed by atoms with Gasteiger partial charge < -0.3 is 4.74 Å². The van der Waals surface area contributed by atoms with Crippen molar-refractivity contribution in [3.63, 3.8) is 0 Å². The van der Waals surface area contributed by atoms with Gasteiger partial charge in [0.1, 0.15) is 0 Å². The van der Waals surface area contributed by atoms with E-state index >= 15 is 0 Å². The Morgan fingerprint density at radius 1 is 1.15 bits per heavy atom. The molecule has 106 valence electrons. The minimum atomic E-state index is -4.43. The molecule has 1 aromatic carbocycles. The molecule has 0 bridgehead atoms. The Balaban J connectivity index is 2.27. The standard InChI is InChI=1S/C13H8Cl2F3NO/c1-7-4-9(14)5-10(15)12(7)20-11-3-2-8(6-19-11)13(16,17)18/h2-6H,1H3. The van der Waals surface area contributed by atoms with E-state index in [4.69, 9.17) is 27.9 Å². The quantitative estimate of drug-likeness (QED) is 0.727. The maximum absolute atomic E-state index is 12.4. The fraction of sp³-hybridized carbons (Fsp3) is 0.154. The smallest absolute Gasteiger partial charge is 0.417 e. The third-order valence-corrected chi connectivity index (χ3v) is 2.96. The summed E-state index contributed by atoms with van der Waals surface area (Å²) in [7, 11) is 0. The van der Waals surface area contributed by atoms with Gasteiger partial charge in [0.2, 0.25) is 5.88 Å². The lowest BCUT2D eigenvalue weighted by Gasteiger charge is -2.11. The van der Waals surface area contributed by atoms with Crippen LogP contribution < -0.4 is 4.74 Å². The van der Waals surface area contributed by atoms with Crippen molar-refractivity contribution in [2.75, 3.05) is 0 Å². The number of ether oxygens (including phenoxy) is 1. The van der Waals surface area contributed by atoms with E-state index in [0.29, 0.717) is 22.5 Å². The zero-order valence-corrected chi connectivity index (χ0v) is 11.6. The molecule has 0 fully saturated rings. The Bertz CT molecular complexity index is 603. The molecule has 1 heterocycles. The summed E-state index contributed by atoms with van der Waals surface area (Å²) in [5, 5.41) is 0.705. The maximum atomic E-state index is 12.4. The van der Waals surface area contributed by atoms with Crippen molar-refractivity contribution in [1.82, 2.24) is 4.98 Å². The summed E-state index contributed by atoms with van der Waals surface area (Å²) in [4.78, 5) is 3.61. The number of halogens is 5. The number of nitrogens with zero attached hydrogens (tertiary/aromatic N) is 1. The molecule has 0 atom stereocenters. The van der Waals surface area contributed by atoms with Gasteiger partial charge in [-0.2, -0.15) is 13.2 Å². The van der Waals surface area contributed by atoms with Gasteiger partial charge in [0.15, 0.2) is 5.75 Å². The number of pyridine rings is 1. The van der Waals surface area contributed by atoms with Crippen molar-refractivity contribution < 1.29 is 17.9 Å². The summed E-state index contributed by atoms with van der Waals surface area (Å²) in [6, 6.07) is 5.14. The van der Waals surface area contributed by atoms with Crippen LogP contribution in [0.3, 0.4) is 0 Å². The van der Waals surface area contributed by atoms with Crippen molar-refractivity contribution >= 4 is 23.2 Å². The molecule has 0 aliphatic carbocycles. The van der Waals surface area contributed by atoms with E-state index in [1.54, 1.807) is 13.0 Å². The first-order valence-electron chi connectivity index (χ1n) is 5.44. The van der Waals surface area contributed by atoms with Crippen molar-refractivity contribution in [1.29, 1.82) is 0 Å². The number of aromatic nitrogens is 1. The summed E-state index contributed by atoms with van der Waals surface area (Å²) in [6.07, 6.45) is -3.73. The van der Waals surface area contributed by atoms with Gasteiger partial charge in [-0.25, -0.2) is 4.98 Å². The number of alkyl halides is 3. The van der Waals surface area contributed by atoms with E-state index < -0.39 is 11.7 Å². The minimum Gasteiger partial charge on any atom is -0.437 e. The molecular weight excluding hydrogens is 314 g/mol. The lowest BCUT2D eigenvalue weighted by molar-refractivity contribution is -0.137. The predicted molar refractivity (Wildman–Crippen MR) is 70.5 cm³/mol. The lowest BCUT2D eigenvalue weighted by atomic mass is 10.2. The van der Waals surface area contributed by atoms with E-state index in [2.05, 4.69) is 4.98 Å². The van der Waals surface area contributed by atoms with Gasteiger partial charge in [0, 0.05) is 17.3 Å². The van der Waals surface area contributed by atoms with Gasteiger partial charge in [0.05, 0.1) is 10.6 Å². The SMILES string of the molecule is Cc1cc(Cl)cc(Cl)c1Oc1ccc(C(F)(F)F)cn1. The van der Waals surface area contributed by atoms with Crippen molar-refractivity contribution in [2.45, 2.75) is 13.1 Å². The molecular formula is C13H8Cl2F3NO. The second-order valence-corrected chi connectivity index (χ2v) is 4.86. The highest BCUT2D eigenvalue weighted by Gasteiger charge is 2.30. The van der Waals surface area contributed by atoms with Crippen LogP contribution in [0.15, 0.2) is 30.5 Å². The third-order valence-electron chi connectivity index (χ3n) is 2.46. The first-order chi connectivity index (χ1) is 9.27.